The van der Waals surface area contributed by atoms with Crippen molar-refractivity contribution in [2.45, 2.75) is 6.42 Å². The van der Waals surface area contributed by atoms with Crippen LogP contribution in [0.1, 0.15) is 15.4 Å². The molecular formula is C11H10O3S. The van der Waals surface area contributed by atoms with E-state index in [1.165, 1.54) is 11.3 Å². The number of furan rings is 1. The first-order chi connectivity index (χ1) is 7.31. The van der Waals surface area contributed by atoms with E-state index in [0.29, 0.717) is 16.4 Å². The van der Waals surface area contributed by atoms with Gasteiger partial charge >= 0.3 is 0 Å². The number of thiophene rings is 1. The summed E-state index contributed by atoms with van der Waals surface area (Å²) in [7, 11) is 1.56. The average molecular weight is 222 g/mol. The van der Waals surface area contributed by atoms with Crippen LogP contribution >= 0.6 is 11.3 Å². The average Bonchev–Trinajstić information content (AvgIpc) is 2.86. The quantitative estimate of drug-likeness (QED) is 0.747. The van der Waals surface area contributed by atoms with Crippen LogP contribution in [0.3, 0.4) is 0 Å². The molecule has 78 valence electrons. The van der Waals surface area contributed by atoms with Gasteiger partial charge in [-0.3, -0.25) is 4.79 Å². The third-order valence-corrected chi connectivity index (χ3v) is 2.95. The summed E-state index contributed by atoms with van der Waals surface area (Å²) in [5.41, 5.74) is 0. The van der Waals surface area contributed by atoms with E-state index in [2.05, 4.69) is 0 Å². The van der Waals surface area contributed by atoms with Crippen molar-refractivity contribution >= 4 is 17.1 Å². The summed E-state index contributed by atoms with van der Waals surface area (Å²) < 4.78 is 10.2. The van der Waals surface area contributed by atoms with E-state index in [9.17, 15) is 4.79 Å². The fraction of sp³-hybridized carbons (Fsp3) is 0.182. The lowest BCUT2D eigenvalue weighted by Crippen LogP contribution is -2.01. The molecule has 0 unspecified atom stereocenters. The van der Waals surface area contributed by atoms with Crippen LogP contribution < -0.4 is 4.74 Å². The summed E-state index contributed by atoms with van der Waals surface area (Å²) in [6.07, 6.45) is 1.85. The van der Waals surface area contributed by atoms with Crippen LogP contribution in [0.25, 0.3) is 0 Å². The summed E-state index contributed by atoms with van der Waals surface area (Å²) in [4.78, 5) is 12.5. The number of carbonyl (C=O) groups is 1. The van der Waals surface area contributed by atoms with E-state index in [-0.39, 0.29) is 12.2 Å². The predicted octanol–water partition coefficient (Wildman–Crippen LogP) is 2.78. The zero-order valence-corrected chi connectivity index (χ0v) is 9.04. The van der Waals surface area contributed by atoms with Crippen molar-refractivity contribution in [3.63, 3.8) is 0 Å². The molecule has 2 heterocycles. The highest BCUT2D eigenvalue weighted by atomic mass is 32.1. The van der Waals surface area contributed by atoms with Gasteiger partial charge in [0.25, 0.3) is 0 Å². The maximum absolute atomic E-state index is 11.8. The topological polar surface area (TPSA) is 39.4 Å². The third-order valence-electron chi connectivity index (χ3n) is 2.02. The van der Waals surface area contributed by atoms with E-state index in [1.807, 2.05) is 5.38 Å². The molecule has 2 rings (SSSR count). The van der Waals surface area contributed by atoms with E-state index < -0.39 is 0 Å². The Bertz CT molecular complexity index is 442. The molecular weight excluding hydrogens is 212 g/mol. The van der Waals surface area contributed by atoms with Gasteiger partial charge < -0.3 is 9.15 Å². The van der Waals surface area contributed by atoms with Crippen LogP contribution in [-0.4, -0.2) is 12.9 Å². The van der Waals surface area contributed by atoms with Gasteiger partial charge in [0, 0.05) is 0 Å². The fourth-order valence-corrected chi connectivity index (χ4v) is 2.11. The molecule has 0 saturated carbocycles. The van der Waals surface area contributed by atoms with Gasteiger partial charge in [-0.05, 0) is 23.6 Å². The second-order valence-corrected chi connectivity index (χ2v) is 3.91. The lowest BCUT2D eigenvalue weighted by Gasteiger charge is -1.99. The van der Waals surface area contributed by atoms with Crippen LogP contribution in [0.5, 0.6) is 5.75 Å². The first-order valence-electron chi connectivity index (χ1n) is 4.48. The molecule has 0 fully saturated rings. The molecule has 15 heavy (non-hydrogen) atoms. The zero-order valence-electron chi connectivity index (χ0n) is 8.23. The molecule has 4 heteroatoms. The minimum Gasteiger partial charge on any atom is -0.495 e. The molecule has 0 radical (unpaired) electrons. The van der Waals surface area contributed by atoms with E-state index >= 15 is 0 Å². The number of ketones is 1. The van der Waals surface area contributed by atoms with Gasteiger partial charge in [0.1, 0.15) is 16.4 Å². The van der Waals surface area contributed by atoms with E-state index in [1.54, 1.807) is 31.6 Å². The molecule has 0 N–H and O–H groups in total. The molecule has 2 aromatic heterocycles. The van der Waals surface area contributed by atoms with Crippen molar-refractivity contribution < 1.29 is 13.9 Å². The number of hydrogen-bond acceptors (Lipinski definition) is 4. The van der Waals surface area contributed by atoms with Gasteiger partial charge in [-0.25, -0.2) is 0 Å². The van der Waals surface area contributed by atoms with Crippen LogP contribution in [0.2, 0.25) is 0 Å². The first-order valence-corrected chi connectivity index (χ1v) is 5.36. The van der Waals surface area contributed by atoms with Gasteiger partial charge in [0.05, 0.1) is 19.8 Å². The Morgan fingerprint density at radius 3 is 3.07 bits per heavy atom. The first kappa shape index (κ1) is 9.98. The predicted molar refractivity (Wildman–Crippen MR) is 57.6 cm³/mol. The molecule has 3 nitrogen and oxygen atoms in total. The molecule has 0 atom stereocenters. The van der Waals surface area contributed by atoms with Crippen molar-refractivity contribution in [2.75, 3.05) is 7.11 Å². The van der Waals surface area contributed by atoms with Crippen LogP contribution in [-0.2, 0) is 6.42 Å². The Labute approximate surface area is 91.3 Å². The van der Waals surface area contributed by atoms with Crippen LogP contribution in [0.4, 0.5) is 0 Å². The second-order valence-electron chi connectivity index (χ2n) is 3.00. The highest BCUT2D eigenvalue weighted by Crippen LogP contribution is 2.25. The maximum atomic E-state index is 11.8. The van der Waals surface area contributed by atoms with Gasteiger partial charge in [0.15, 0.2) is 5.78 Å². The molecule has 0 aliphatic carbocycles. The monoisotopic (exact) mass is 222 g/mol. The minimum atomic E-state index is 0.0248. The minimum absolute atomic E-state index is 0.0248. The van der Waals surface area contributed by atoms with Crippen LogP contribution in [0.15, 0.2) is 34.3 Å². The number of carbonyl (C=O) groups excluding carboxylic acids is 1. The second kappa shape index (κ2) is 4.31. The fourth-order valence-electron chi connectivity index (χ4n) is 1.31. The Hall–Kier alpha value is -1.55. The molecule has 0 aromatic carbocycles. The Morgan fingerprint density at radius 2 is 2.40 bits per heavy atom. The Kier molecular flexibility index (Phi) is 2.87. The lowest BCUT2D eigenvalue weighted by molar-refractivity contribution is 0.0988. The SMILES string of the molecule is COc1ccsc1C(=O)Cc1ccco1. The van der Waals surface area contributed by atoms with Crippen LogP contribution in [0, 0.1) is 0 Å². The highest BCUT2D eigenvalue weighted by Gasteiger charge is 2.15. The molecule has 2 aromatic rings. The van der Waals surface area contributed by atoms with Gasteiger partial charge in [0.2, 0.25) is 0 Å². The molecule has 0 aliphatic heterocycles. The Morgan fingerprint density at radius 1 is 1.53 bits per heavy atom. The van der Waals surface area contributed by atoms with Crippen molar-refractivity contribution in [3.05, 3.63) is 40.5 Å². The summed E-state index contributed by atoms with van der Waals surface area (Å²) in [5, 5.41) is 1.84. The van der Waals surface area contributed by atoms with E-state index in [4.69, 9.17) is 9.15 Å². The third kappa shape index (κ3) is 2.10. The number of Topliss-reactive ketones (excluding diaryl/α,β-unsaturated/α-hetero) is 1. The standard InChI is InChI=1S/C11H10O3S/c1-13-10-4-6-15-11(10)9(12)7-8-3-2-5-14-8/h2-6H,7H2,1H3. The summed E-state index contributed by atoms with van der Waals surface area (Å²) in [5.74, 6) is 1.34. The van der Waals surface area contributed by atoms with Crippen molar-refractivity contribution in [3.8, 4) is 5.75 Å². The maximum Gasteiger partial charge on any atom is 0.184 e. The molecule has 0 saturated heterocycles. The lowest BCUT2D eigenvalue weighted by atomic mass is 10.2. The van der Waals surface area contributed by atoms with Crippen molar-refractivity contribution in [1.82, 2.24) is 0 Å². The zero-order chi connectivity index (χ0) is 10.7. The summed E-state index contributed by atoms with van der Waals surface area (Å²) in [6, 6.07) is 5.35. The molecule has 0 spiro atoms. The van der Waals surface area contributed by atoms with Gasteiger partial charge in [-0.2, -0.15) is 0 Å². The Balaban J connectivity index is 2.15. The number of methoxy groups -OCH3 is 1. The van der Waals surface area contributed by atoms with Crippen molar-refractivity contribution in [2.24, 2.45) is 0 Å². The van der Waals surface area contributed by atoms with E-state index in [0.717, 1.165) is 0 Å². The highest BCUT2D eigenvalue weighted by molar-refractivity contribution is 7.12. The molecule has 0 bridgehead atoms. The summed E-state index contributed by atoms with van der Waals surface area (Å²) in [6.45, 7) is 0. The summed E-state index contributed by atoms with van der Waals surface area (Å²) >= 11 is 1.39. The van der Waals surface area contributed by atoms with Gasteiger partial charge in [-0.1, -0.05) is 0 Å². The van der Waals surface area contributed by atoms with Crippen molar-refractivity contribution in [1.29, 1.82) is 0 Å². The van der Waals surface area contributed by atoms with Gasteiger partial charge in [-0.15, -0.1) is 11.3 Å². The normalized spacial score (nSPS) is 10.2. The number of rotatable bonds is 4. The number of hydrogen-bond donors (Lipinski definition) is 0. The molecule has 0 amide bonds. The smallest absolute Gasteiger partial charge is 0.184 e. The molecule has 0 aliphatic rings. The number of ether oxygens (including phenoxy) is 1. The largest absolute Gasteiger partial charge is 0.495 e.